The number of amides is 1. The van der Waals surface area contributed by atoms with Gasteiger partial charge in [0.05, 0.1) is 12.0 Å². The second-order valence-electron chi connectivity index (χ2n) is 4.45. The van der Waals surface area contributed by atoms with Gasteiger partial charge < -0.3 is 5.73 Å². The van der Waals surface area contributed by atoms with Crippen LogP contribution in [0.2, 0.25) is 0 Å². The summed E-state index contributed by atoms with van der Waals surface area (Å²) >= 11 is 6.22. The third-order valence-electron chi connectivity index (χ3n) is 3.41. The molecule has 0 aromatic heterocycles. The minimum Gasteiger partial charge on any atom is -0.369 e. The zero-order valence-electron chi connectivity index (χ0n) is 8.86. The first kappa shape index (κ1) is 11.2. The van der Waals surface area contributed by atoms with Crippen molar-refractivity contribution in [1.29, 1.82) is 0 Å². The minimum absolute atomic E-state index is 0.0631. The Morgan fingerprint density at radius 1 is 1.40 bits per heavy atom. The molecule has 4 nitrogen and oxygen atoms in total. The molecule has 1 amide bonds. The van der Waals surface area contributed by atoms with Crippen molar-refractivity contribution >= 4 is 17.5 Å². The van der Waals surface area contributed by atoms with E-state index < -0.39 is 0 Å². The van der Waals surface area contributed by atoms with E-state index in [1.54, 1.807) is 0 Å². The van der Waals surface area contributed by atoms with Gasteiger partial charge in [0, 0.05) is 25.7 Å². The maximum absolute atomic E-state index is 10.8. The highest BCUT2D eigenvalue weighted by Crippen LogP contribution is 2.27. The molecule has 86 valence electrons. The lowest BCUT2D eigenvalue weighted by atomic mass is 9.91. The average Bonchev–Trinajstić information content (AvgIpc) is 2.06. The molecule has 15 heavy (non-hydrogen) atoms. The Morgan fingerprint density at radius 3 is 2.60 bits per heavy atom. The molecule has 1 saturated carbocycles. The number of piperazine rings is 1. The van der Waals surface area contributed by atoms with Crippen LogP contribution in [0.3, 0.4) is 0 Å². The van der Waals surface area contributed by atoms with Crippen molar-refractivity contribution in [3.63, 3.8) is 0 Å². The average molecular weight is 232 g/mol. The number of primary amides is 1. The second kappa shape index (κ2) is 4.68. The Balaban J connectivity index is 1.82. The number of nitrogens with two attached hydrogens (primary N) is 1. The standard InChI is InChI=1S/C10H18ClN3O/c11-9-6-13(8-2-1-3-8)4-5-14(9)7-10(12)15/h8-9H,1-7H2,(H2,12,15). The van der Waals surface area contributed by atoms with Crippen molar-refractivity contribution in [2.45, 2.75) is 30.8 Å². The van der Waals surface area contributed by atoms with Crippen LogP contribution < -0.4 is 5.73 Å². The summed E-state index contributed by atoms with van der Waals surface area (Å²) in [5.74, 6) is -0.294. The molecule has 1 saturated heterocycles. The Kier molecular flexibility index (Phi) is 3.49. The summed E-state index contributed by atoms with van der Waals surface area (Å²) in [5.41, 5.74) is 5.10. The summed E-state index contributed by atoms with van der Waals surface area (Å²) in [6.07, 6.45) is 3.96. The van der Waals surface area contributed by atoms with Gasteiger partial charge in [-0.1, -0.05) is 6.42 Å². The summed E-state index contributed by atoms with van der Waals surface area (Å²) in [6, 6.07) is 0.738. The highest BCUT2D eigenvalue weighted by molar-refractivity contribution is 6.20. The number of hydrogen-bond acceptors (Lipinski definition) is 3. The molecule has 1 heterocycles. The molecule has 2 aliphatic rings. The van der Waals surface area contributed by atoms with E-state index in [1.165, 1.54) is 19.3 Å². The van der Waals surface area contributed by atoms with Gasteiger partial charge in [0.15, 0.2) is 0 Å². The van der Waals surface area contributed by atoms with Crippen LogP contribution in [0.25, 0.3) is 0 Å². The second-order valence-corrected chi connectivity index (χ2v) is 4.95. The summed E-state index contributed by atoms with van der Waals surface area (Å²) in [7, 11) is 0. The summed E-state index contributed by atoms with van der Waals surface area (Å²) in [4.78, 5) is 15.2. The van der Waals surface area contributed by atoms with Gasteiger partial charge in [0.25, 0.3) is 0 Å². The van der Waals surface area contributed by atoms with E-state index in [4.69, 9.17) is 17.3 Å². The monoisotopic (exact) mass is 231 g/mol. The predicted molar refractivity (Wildman–Crippen MR) is 59.6 cm³/mol. The smallest absolute Gasteiger partial charge is 0.231 e. The molecule has 0 radical (unpaired) electrons. The highest BCUT2D eigenvalue weighted by atomic mass is 35.5. The van der Waals surface area contributed by atoms with Gasteiger partial charge in [-0.25, -0.2) is 0 Å². The van der Waals surface area contributed by atoms with Crippen LogP contribution in [0.1, 0.15) is 19.3 Å². The van der Waals surface area contributed by atoms with Crippen LogP contribution in [0, 0.1) is 0 Å². The molecule has 2 fully saturated rings. The molecule has 2 rings (SSSR count). The van der Waals surface area contributed by atoms with E-state index in [1.807, 2.05) is 4.90 Å². The molecule has 0 aromatic carbocycles. The SMILES string of the molecule is NC(=O)CN1CCN(C2CCC2)CC1Cl. The van der Waals surface area contributed by atoms with Gasteiger partial charge in [-0.3, -0.25) is 14.6 Å². The lowest BCUT2D eigenvalue weighted by Gasteiger charge is -2.44. The van der Waals surface area contributed by atoms with Crippen molar-refractivity contribution < 1.29 is 4.79 Å². The lowest BCUT2D eigenvalue weighted by Crippen LogP contribution is -2.56. The molecular weight excluding hydrogens is 214 g/mol. The fourth-order valence-electron chi connectivity index (χ4n) is 2.26. The Hall–Kier alpha value is -0.320. The van der Waals surface area contributed by atoms with E-state index in [9.17, 15) is 4.79 Å². The molecular formula is C10H18ClN3O. The van der Waals surface area contributed by atoms with Gasteiger partial charge in [0.2, 0.25) is 5.91 Å². The van der Waals surface area contributed by atoms with Gasteiger partial charge in [-0.2, -0.15) is 0 Å². The number of hydrogen-bond donors (Lipinski definition) is 1. The fraction of sp³-hybridized carbons (Fsp3) is 0.900. The van der Waals surface area contributed by atoms with E-state index >= 15 is 0 Å². The quantitative estimate of drug-likeness (QED) is 0.558. The van der Waals surface area contributed by atoms with Crippen LogP contribution in [0.4, 0.5) is 0 Å². The molecule has 1 aliphatic carbocycles. The maximum atomic E-state index is 10.8. The van der Waals surface area contributed by atoms with Crippen LogP contribution in [0.15, 0.2) is 0 Å². The zero-order valence-corrected chi connectivity index (χ0v) is 9.62. The predicted octanol–water partition coefficient (Wildman–Crippen LogP) is 0.207. The number of alkyl halides is 1. The normalized spacial score (nSPS) is 30.1. The van der Waals surface area contributed by atoms with E-state index in [-0.39, 0.29) is 18.0 Å². The topological polar surface area (TPSA) is 49.6 Å². The molecule has 1 unspecified atom stereocenters. The molecule has 5 heteroatoms. The molecule has 2 N–H and O–H groups in total. The summed E-state index contributed by atoms with van der Waals surface area (Å²) in [6.45, 7) is 3.01. The third kappa shape index (κ3) is 2.62. The Labute approximate surface area is 95.3 Å². The van der Waals surface area contributed by atoms with Crippen molar-refractivity contribution in [2.24, 2.45) is 5.73 Å². The lowest BCUT2D eigenvalue weighted by molar-refractivity contribution is -0.120. The van der Waals surface area contributed by atoms with Crippen LogP contribution in [-0.4, -0.2) is 53.4 Å². The molecule has 0 aromatic rings. The van der Waals surface area contributed by atoms with Crippen LogP contribution >= 0.6 is 11.6 Å². The van der Waals surface area contributed by atoms with Crippen molar-refractivity contribution in [3.05, 3.63) is 0 Å². The molecule has 1 atom stereocenters. The first-order chi connectivity index (χ1) is 7.16. The number of rotatable bonds is 3. The summed E-state index contributed by atoms with van der Waals surface area (Å²) < 4.78 is 0. The van der Waals surface area contributed by atoms with Crippen molar-refractivity contribution in [3.8, 4) is 0 Å². The highest BCUT2D eigenvalue weighted by Gasteiger charge is 2.32. The van der Waals surface area contributed by atoms with Gasteiger partial charge in [0.1, 0.15) is 0 Å². The minimum atomic E-state index is -0.294. The zero-order chi connectivity index (χ0) is 10.8. The van der Waals surface area contributed by atoms with Gasteiger partial charge >= 0.3 is 0 Å². The number of halogens is 1. The number of carbonyl (C=O) groups excluding carboxylic acids is 1. The number of nitrogens with zero attached hydrogens (tertiary/aromatic N) is 2. The van der Waals surface area contributed by atoms with Crippen LogP contribution in [-0.2, 0) is 4.79 Å². The fourth-order valence-corrected chi connectivity index (χ4v) is 2.60. The summed E-state index contributed by atoms with van der Waals surface area (Å²) in [5, 5.41) is 0. The van der Waals surface area contributed by atoms with Crippen molar-refractivity contribution in [2.75, 3.05) is 26.2 Å². The maximum Gasteiger partial charge on any atom is 0.231 e. The van der Waals surface area contributed by atoms with Gasteiger partial charge in [-0.05, 0) is 12.8 Å². The third-order valence-corrected chi connectivity index (χ3v) is 3.82. The molecule has 0 spiro atoms. The van der Waals surface area contributed by atoms with Crippen LogP contribution in [0.5, 0.6) is 0 Å². The Bertz CT molecular complexity index is 245. The van der Waals surface area contributed by atoms with Gasteiger partial charge in [-0.15, -0.1) is 11.6 Å². The Morgan fingerprint density at radius 2 is 2.13 bits per heavy atom. The molecule has 0 bridgehead atoms. The number of carbonyl (C=O) groups is 1. The van der Waals surface area contributed by atoms with E-state index in [0.29, 0.717) is 0 Å². The first-order valence-corrected chi connectivity index (χ1v) is 6.01. The van der Waals surface area contributed by atoms with E-state index in [2.05, 4.69) is 4.90 Å². The first-order valence-electron chi connectivity index (χ1n) is 5.57. The van der Waals surface area contributed by atoms with E-state index in [0.717, 1.165) is 25.7 Å². The molecule has 1 aliphatic heterocycles. The largest absolute Gasteiger partial charge is 0.369 e. The van der Waals surface area contributed by atoms with Crippen molar-refractivity contribution in [1.82, 2.24) is 9.80 Å².